The van der Waals surface area contributed by atoms with Crippen molar-refractivity contribution in [3.05, 3.63) is 53.7 Å². The summed E-state index contributed by atoms with van der Waals surface area (Å²) < 4.78 is 18.1. The van der Waals surface area contributed by atoms with Crippen molar-refractivity contribution < 1.29 is 19.0 Å². The highest BCUT2D eigenvalue weighted by Crippen LogP contribution is 2.35. The molecule has 1 heterocycles. The highest BCUT2D eigenvalue weighted by Gasteiger charge is 2.26. The van der Waals surface area contributed by atoms with E-state index in [0.717, 1.165) is 44.6 Å². The number of ether oxygens (including phenoxy) is 3. The van der Waals surface area contributed by atoms with Crippen LogP contribution in [-0.4, -0.2) is 60.7 Å². The molecule has 1 unspecified atom stereocenters. The van der Waals surface area contributed by atoms with Crippen molar-refractivity contribution in [1.82, 2.24) is 9.78 Å². The van der Waals surface area contributed by atoms with Gasteiger partial charge < -0.3 is 19.9 Å². The van der Waals surface area contributed by atoms with Crippen LogP contribution in [0.5, 0.6) is 5.75 Å². The topological polar surface area (TPSA) is 88.6 Å². The van der Waals surface area contributed by atoms with E-state index in [2.05, 4.69) is 19.1 Å². The number of hydrogen-bond acceptors (Lipinski definition) is 7. The number of benzene rings is 2. The lowest BCUT2D eigenvalue weighted by molar-refractivity contribution is -0.146. The van der Waals surface area contributed by atoms with Gasteiger partial charge in [-0.2, -0.15) is 16.9 Å². The van der Waals surface area contributed by atoms with Crippen LogP contribution in [0, 0.1) is 6.92 Å². The zero-order chi connectivity index (χ0) is 24.8. The first-order chi connectivity index (χ1) is 16.4. The maximum absolute atomic E-state index is 12.6. The van der Waals surface area contributed by atoms with Crippen LogP contribution >= 0.6 is 11.8 Å². The Labute approximate surface area is 205 Å². The van der Waals surface area contributed by atoms with Gasteiger partial charge in [0.1, 0.15) is 23.9 Å². The van der Waals surface area contributed by atoms with Gasteiger partial charge in [-0.15, -0.1) is 0 Å². The number of aromatic nitrogens is 2. The normalized spacial score (nSPS) is 13.7. The average Bonchev–Trinajstić information content (AvgIpc) is 3.18. The smallest absolute Gasteiger partial charge is 0.325 e. The summed E-state index contributed by atoms with van der Waals surface area (Å²) >= 11 is 1.57. The van der Waals surface area contributed by atoms with E-state index in [4.69, 9.17) is 25.0 Å². The Balaban J connectivity index is 1.92. The van der Waals surface area contributed by atoms with Gasteiger partial charge in [-0.1, -0.05) is 30.3 Å². The third kappa shape index (κ3) is 5.29. The van der Waals surface area contributed by atoms with Gasteiger partial charge in [-0.05, 0) is 43.4 Å². The van der Waals surface area contributed by atoms with Crippen molar-refractivity contribution in [2.24, 2.45) is 12.8 Å². The molecule has 8 heteroatoms. The predicted molar refractivity (Wildman–Crippen MR) is 139 cm³/mol. The zero-order valence-corrected chi connectivity index (χ0v) is 21.4. The Hall–Kier alpha value is -2.81. The number of carbonyl (C=O) groups excluding carboxylic acids is 1. The highest BCUT2D eigenvalue weighted by molar-refractivity contribution is 7.98. The maximum Gasteiger partial charge on any atom is 0.325 e. The summed E-state index contributed by atoms with van der Waals surface area (Å²) in [5, 5.41) is 5.81. The molecule has 34 heavy (non-hydrogen) atoms. The fourth-order valence-electron chi connectivity index (χ4n) is 4.05. The summed E-state index contributed by atoms with van der Waals surface area (Å²) in [5.74, 6) is 0.948. The molecule has 0 saturated heterocycles. The predicted octanol–water partition coefficient (Wildman–Crippen LogP) is 4.21. The minimum absolute atomic E-state index is 0.0964. The maximum atomic E-state index is 12.6. The van der Waals surface area contributed by atoms with E-state index in [1.54, 1.807) is 26.0 Å². The second-order valence-corrected chi connectivity index (χ2v) is 8.94. The molecule has 0 aliphatic rings. The standard InChI is InChI=1S/C26H33N3O4S/c1-7-17(14-33-26(30)23(27)22(32-5)15-34-6)25-21-10-8-9-20(24(21)28-29(25)3)19-12-11-18(31-4)13-16(19)2/h7-13,22-23H,14-15,27H2,1-6H3/t22?,23-/m0/s1. The lowest BCUT2D eigenvalue weighted by atomic mass is 9.97. The number of thioether (sulfide) groups is 1. The van der Waals surface area contributed by atoms with Crippen molar-refractivity contribution in [3.8, 4) is 16.9 Å². The summed E-state index contributed by atoms with van der Waals surface area (Å²) in [6.45, 7) is 4.08. The Kier molecular flexibility index (Phi) is 8.77. The van der Waals surface area contributed by atoms with E-state index < -0.39 is 18.1 Å². The molecule has 7 nitrogen and oxygen atoms in total. The van der Waals surface area contributed by atoms with E-state index in [1.165, 1.54) is 0 Å². The number of aryl methyl sites for hydroxylation is 2. The van der Waals surface area contributed by atoms with Crippen molar-refractivity contribution in [3.63, 3.8) is 0 Å². The van der Waals surface area contributed by atoms with Gasteiger partial charge in [-0.25, -0.2) is 0 Å². The van der Waals surface area contributed by atoms with E-state index in [1.807, 2.05) is 55.3 Å². The van der Waals surface area contributed by atoms with Gasteiger partial charge in [0.05, 0.1) is 18.9 Å². The number of nitrogens with zero attached hydrogens (tertiary/aromatic N) is 2. The minimum Gasteiger partial charge on any atom is -0.497 e. The van der Waals surface area contributed by atoms with Crippen molar-refractivity contribution in [1.29, 1.82) is 0 Å². The van der Waals surface area contributed by atoms with Crippen LogP contribution < -0.4 is 10.5 Å². The third-order valence-electron chi connectivity index (χ3n) is 5.92. The Morgan fingerprint density at radius 2 is 2.00 bits per heavy atom. The van der Waals surface area contributed by atoms with Crippen molar-refractivity contribution in [2.75, 3.05) is 32.8 Å². The van der Waals surface area contributed by atoms with Crippen LogP contribution in [0.25, 0.3) is 27.6 Å². The number of carbonyl (C=O) groups is 1. The molecule has 2 atom stereocenters. The first-order valence-corrected chi connectivity index (χ1v) is 12.5. The molecule has 182 valence electrons. The van der Waals surface area contributed by atoms with Crippen LogP contribution in [0.1, 0.15) is 18.2 Å². The summed E-state index contributed by atoms with van der Waals surface area (Å²) in [6, 6.07) is 11.3. The molecule has 0 bridgehead atoms. The second-order valence-electron chi connectivity index (χ2n) is 8.03. The first kappa shape index (κ1) is 25.8. The number of nitrogens with two attached hydrogens (primary N) is 1. The molecule has 0 aliphatic carbocycles. The molecular weight excluding hydrogens is 450 g/mol. The van der Waals surface area contributed by atoms with Crippen LogP contribution in [0.2, 0.25) is 0 Å². The number of methoxy groups -OCH3 is 2. The van der Waals surface area contributed by atoms with Crippen molar-refractivity contribution in [2.45, 2.75) is 26.0 Å². The quantitative estimate of drug-likeness (QED) is 0.432. The summed E-state index contributed by atoms with van der Waals surface area (Å²) in [7, 11) is 5.11. The van der Waals surface area contributed by atoms with E-state index in [0.29, 0.717) is 5.75 Å². The van der Waals surface area contributed by atoms with Gasteiger partial charge in [0.2, 0.25) is 0 Å². The molecule has 0 saturated carbocycles. The average molecular weight is 484 g/mol. The molecule has 3 aromatic rings. The molecule has 0 amide bonds. The fraction of sp³-hybridized carbons (Fsp3) is 0.385. The third-order valence-corrected chi connectivity index (χ3v) is 6.58. The lowest BCUT2D eigenvalue weighted by Crippen LogP contribution is -2.45. The first-order valence-electron chi connectivity index (χ1n) is 11.1. The second kappa shape index (κ2) is 11.6. The summed E-state index contributed by atoms with van der Waals surface area (Å²) in [6.07, 6.45) is 3.48. The fourth-order valence-corrected chi connectivity index (χ4v) is 4.72. The number of esters is 1. The molecule has 0 fully saturated rings. The van der Waals surface area contributed by atoms with E-state index >= 15 is 0 Å². The molecule has 0 spiro atoms. The largest absolute Gasteiger partial charge is 0.497 e. The Morgan fingerprint density at radius 3 is 2.62 bits per heavy atom. The minimum atomic E-state index is -0.844. The molecular formula is C26H33N3O4S. The molecule has 3 rings (SSSR count). The van der Waals surface area contributed by atoms with E-state index in [9.17, 15) is 4.79 Å². The summed E-state index contributed by atoms with van der Waals surface area (Å²) in [4.78, 5) is 12.6. The molecule has 2 aromatic carbocycles. The molecule has 1 aromatic heterocycles. The van der Waals surface area contributed by atoms with Gasteiger partial charge >= 0.3 is 5.97 Å². The zero-order valence-electron chi connectivity index (χ0n) is 20.6. The van der Waals surface area contributed by atoms with Crippen LogP contribution in [0.15, 0.2) is 42.5 Å². The molecule has 0 radical (unpaired) electrons. The lowest BCUT2D eigenvalue weighted by Gasteiger charge is -2.20. The van der Waals surface area contributed by atoms with Gasteiger partial charge in [0.15, 0.2) is 0 Å². The van der Waals surface area contributed by atoms with Crippen LogP contribution in [0.3, 0.4) is 0 Å². The Bertz CT molecular complexity index is 1190. The highest BCUT2D eigenvalue weighted by atomic mass is 32.2. The SMILES string of the molecule is CC=C(COC(=O)[C@@H](N)C(CSC)OC)c1c2cccc(-c3ccc(OC)cc3C)c2nn1C. The Morgan fingerprint density at radius 1 is 1.24 bits per heavy atom. The number of hydrogen-bond donors (Lipinski definition) is 1. The van der Waals surface area contributed by atoms with E-state index in [-0.39, 0.29) is 6.61 Å². The molecule has 0 aliphatic heterocycles. The monoisotopic (exact) mass is 483 g/mol. The summed E-state index contributed by atoms with van der Waals surface area (Å²) in [5.41, 5.74) is 12.0. The van der Waals surface area contributed by atoms with Crippen LogP contribution in [-0.2, 0) is 21.3 Å². The van der Waals surface area contributed by atoms with Gasteiger partial charge in [-0.3, -0.25) is 9.48 Å². The van der Waals surface area contributed by atoms with Gasteiger partial charge in [0, 0.05) is 36.4 Å². The van der Waals surface area contributed by atoms with Crippen molar-refractivity contribution >= 4 is 34.2 Å². The van der Waals surface area contributed by atoms with Crippen LogP contribution in [0.4, 0.5) is 0 Å². The number of rotatable bonds is 10. The number of fused-ring (bicyclic) bond motifs is 1. The number of allylic oxidation sites excluding steroid dienone is 1. The molecule has 2 N–H and O–H groups in total. The van der Waals surface area contributed by atoms with Gasteiger partial charge in [0.25, 0.3) is 0 Å².